The Morgan fingerprint density at radius 2 is 1.81 bits per heavy atom. The lowest BCUT2D eigenvalue weighted by Crippen LogP contribution is -2.48. The second-order valence-electron chi connectivity index (χ2n) is 8.98. The summed E-state index contributed by atoms with van der Waals surface area (Å²) in [5.74, 6) is 2.38. The van der Waals surface area contributed by atoms with E-state index in [2.05, 4.69) is 23.7 Å². The molecule has 3 heterocycles. The number of imidazole rings is 1. The van der Waals surface area contributed by atoms with E-state index in [0.29, 0.717) is 24.7 Å². The fourth-order valence-corrected chi connectivity index (χ4v) is 4.68. The van der Waals surface area contributed by atoms with Gasteiger partial charge in [0.05, 0.1) is 12.2 Å². The van der Waals surface area contributed by atoms with Crippen molar-refractivity contribution >= 4 is 5.91 Å². The van der Waals surface area contributed by atoms with Crippen LogP contribution in [0.2, 0.25) is 0 Å². The van der Waals surface area contributed by atoms with Crippen LogP contribution in [-0.4, -0.2) is 70.2 Å². The summed E-state index contributed by atoms with van der Waals surface area (Å²) >= 11 is 0. The number of rotatable bonds is 6. The fraction of sp³-hybridized carbons (Fsp3) is 0.583. The van der Waals surface area contributed by atoms with E-state index in [0.717, 1.165) is 62.7 Å². The second kappa shape index (κ2) is 9.83. The van der Waals surface area contributed by atoms with Crippen LogP contribution >= 0.6 is 0 Å². The first-order chi connectivity index (χ1) is 15.0. The van der Waals surface area contributed by atoms with Gasteiger partial charge < -0.3 is 18.9 Å². The van der Waals surface area contributed by atoms with Crippen LogP contribution in [0.25, 0.3) is 0 Å². The van der Waals surface area contributed by atoms with E-state index in [1.54, 1.807) is 6.20 Å². The molecule has 7 nitrogen and oxygen atoms in total. The van der Waals surface area contributed by atoms with Gasteiger partial charge in [0.1, 0.15) is 18.2 Å². The van der Waals surface area contributed by atoms with Crippen molar-refractivity contribution in [2.24, 2.45) is 13.0 Å². The van der Waals surface area contributed by atoms with Crippen molar-refractivity contribution in [1.29, 1.82) is 0 Å². The van der Waals surface area contributed by atoms with Gasteiger partial charge >= 0.3 is 0 Å². The Morgan fingerprint density at radius 3 is 2.42 bits per heavy atom. The number of amides is 1. The zero-order valence-corrected chi connectivity index (χ0v) is 18.9. The standard InChI is InChI=1S/C24H34N4O3/c1-18-14-27(15-19(2)31-18)16-20-8-11-28(12-9-20)24(29)21-4-6-22(7-5-21)30-17-23-25-10-13-26(23)3/h4-7,10,13,18-20H,8-9,11-12,14-17H2,1-3H3. The number of carbonyl (C=O) groups is 1. The summed E-state index contributed by atoms with van der Waals surface area (Å²) in [4.78, 5) is 21.7. The number of likely N-dealkylation sites (tertiary alicyclic amines) is 1. The van der Waals surface area contributed by atoms with Gasteiger partial charge in [-0.3, -0.25) is 9.69 Å². The van der Waals surface area contributed by atoms with Crippen LogP contribution in [0.3, 0.4) is 0 Å². The zero-order chi connectivity index (χ0) is 21.8. The molecular weight excluding hydrogens is 392 g/mol. The molecule has 0 radical (unpaired) electrons. The predicted octanol–water partition coefficient (Wildman–Crippen LogP) is 2.96. The van der Waals surface area contributed by atoms with E-state index in [1.807, 2.05) is 47.0 Å². The lowest BCUT2D eigenvalue weighted by Gasteiger charge is -2.39. The third kappa shape index (κ3) is 5.66. The Labute approximate surface area is 184 Å². The number of hydrogen-bond donors (Lipinski definition) is 0. The summed E-state index contributed by atoms with van der Waals surface area (Å²) in [6.07, 6.45) is 6.40. The molecule has 2 aliphatic rings. The first-order valence-electron chi connectivity index (χ1n) is 11.3. The van der Waals surface area contributed by atoms with Gasteiger partial charge in [-0.2, -0.15) is 0 Å². The monoisotopic (exact) mass is 426 g/mol. The molecule has 1 aromatic carbocycles. The molecule has 0 spiro atoms. The van der Waals surface area contributed by atoms with Crippen LogP contribution in [0.15, 0.2) is 36.7 Å². The van der Waals surface area contributed by atoms with Crippen molar-refractivity contribution in [3.8, 4) is 5.75 Å². The highest BCUT2D eigenvalue weighted by Gasteiger charge is 2.28. The van der Waals surface area contributed by atoms with Gasteiger partial charge in [0.2, 0.25) is 0 Å². The van der Waals surface area contributed by atoms with E-state index in [-0.39, 0.29) is 5.91 Å². The van der Waals surface area contributed by atoms with Gasteiger partial charge in [-0.25, -0.2) is 4.98 Å². The van der Waals surface area contributed by atoms with Crippen LogP contribution in [-0.2, 0) is 18.4 Å². The highest BCUT2D eigenvalue weighted by atomic mass is 16.5. The lowest BCUT2D eigenvalue weighted by atomic mass is 9.95. The number of benzene rings is 1. The molecule has 168 valence electrons. The summed E-state index contributed by atoms with van der Waals surface area (Å²) in [5.41, 5.74) is 0.721. The molecule has 31 heavy (non-hydrogen) atoms. The molecule has 2 atom stereocenters. The molecule has 1 amide bonds. The minimum absolute atomic E-state index is 0.114. The van der Waals surface area contributed by atoms with Crippen LogP contribution < -0.4 is 4.74 Å². The Hall–Kier alpha value is -2.38. The average Bonchev–Trinajstić information content (AvgIpc) is 3.17. The summed E-state index contributed by atoms with van der Waals surface area (Å²) in [6.45, 7) is 9.51. The van der Waals surface area contributed by atoms with E-state index in [4.69, 9.17) is 9.47 Å². The molecule has 2 aliphatic heterocycles. The van der Waals surface area contributed by atoms with Crippen LogP contribution in [0, 0.1) is 5.92 Å². The van der Waals surface area contributed by atoms with Gasteiger partial charge in [-0.15, -0.1) is 0 Å². The zero-order valence-electron chi connectivity index (χ0n) is 18.9. The average molecular weight is 427 g/mol. The highest BCUT2D eigenvalue weighted by molar-refractivity contribution is 5.94. The number of piperidine rings is 1. The number of aryl methyl sites for hydroxylation is 1. The first-order valence-corrected chi connectivity index (χ1v) is 11.3. The molecule has 2 fully saturated rings. The number of hydrogen-bond acceptors (Lipinski definition) is 5. The van der Waals surface area contributed by atoms with Gasteiger partial charge in [0, 0.05) is 57.7 Å². The van der Waals surface area contributed by atoms with E-state index >= 15 is 0 Å². The van der Waals surface area contributed by atoms with Crippen molar-refractivity contribution in [3.05, 3.63) is 48.0 Å². The molecular formula is C24H34N4O3. The maximum Gasteiger partial charge on any atom is 0.253 e. The van der Waals surface area contributed by atoms with Crippen LogP contribution in [0.5, 0.6) is 5.75 Å². The van der Waals surface area contributed by atoms with Crippen molar-refractivity contribution in [2.45, 2.75) is 45.5 Å². The Kier molecular flexibility index (Phi) is 6.92. The third-order valence-electron chi connectivity index (χ3n) is 6.30. The molecule has 7 heteroatoms. The predicted molar refractivity (Wildman–Crippen MR) is 119 cm³/mol. The Balaban J connectivity index is 1.24. The fourth-order valence-electron chi connectivity index (χ4n) is 4.68. The van der Waals surface area contributed by atoms with Crippen molar-refractivity contribution in [3.63, 3.8) is 0 Å². The molecule has 2 saturated heterocycles. The molecule has 4 rings (SSSR count). The van der Waals surface area contributed by atoms with Gasteiger partial charge in [-0.05, 0) is 56.9 Å². The van der Waals surface area contributed by atoms with Crippen LogP contribution in [0.4, 0.5) is 0 Å². The number of morpholine rings is 1. The largest absolute Gasteiger partial charge is 0.486 e. The Bertz CT molecular complexity index is 848. The topological polar surface area (TPSA) is 59.8 Å². The second-order valence-corrected chi connectivity index (χ2v) is 8.98. The lowest BCUT2D eigenvalue weighted by molar-refractivity contribution is -0.0728. The molecule has 0 saturated carbocycles. The number of nitrogens with zero attached hydrogens (tertiary/aromatic N) is 4. The van der Waals surface area contributed by atoms with E-state index in [1.165, 1.54) is 0 Å². The normalized spacial score (nSPS) is 23.1. The molecule has 0 aliphatic carbocycles. The SMILES string of the molecule is CC1CN(CC2CCN(C(=O)c3ccc(OCc4nccn4C)cc3)CC2)CC(C)O1. The summed E-state index contributed by atoms with van der Waals surface area (Å²) in [7, 11) is 1.94. The van der Waals surface area contributed by atoms with Gasteiger partial charge in [-0.1, -0.05) is 0 Å². The number of aromatic nitrogens is 2. The van der Waals surface area contributed by atoms with E-state index in [9.17, 15) is 4.79 Å². The van der Waals surface area contributed by atoms with Gasteiger partial charge in [0.25, 0.3) is 5.91 Å². The number of ether oxygens (including phenoxy) is 2. The first kappa shape index (κ1) is 21.8. The molecule has 0 N–H and O–H groups in total. The maximum atomic E-state index is 12.9. The third-order valence-corrected chi connectivity index (χ3v) is 6.30. The van der Waals surface area contributed by atoms with Crippen molar-refractivity contribution in [2.75, 3.05) is 32.7 Å². The minimum Gasteiger partial charge on any atom is -0.486 e. The highest BCUT2D eigenvalue weighted by Crippen LogP contribution is 2.23. The van der Waals surface area contributed by atoms with Gasteiger partial charge in [0.15, 0.2) is 0 Å². The molecule has 2 unspecified atom stereocenters. The van der Waals surface area contributed by atoms with Crippen LogP contribution in [0.1, 0.15) is 42.9 Å². The van der Waals surface area contributed by atoms with Crippen molar-refractivity contribution < 1.29 is 14.3 Å². The molecule has 1 aromatic heterocycles. The number of carbonyl (C=O) groups excluding carboxylic acids is 1. The smallest absolute Gasteiger partial charge is 0.253 e. The quantitative estimate of drug-likeness (QED) is 0.711. The summed E-state index contributed by atoms with van der Waals surface area (Å²) in [6, 6.07) is 7.45. The summed E-state index contributed by atoms with van der Waals surface area (Å²) in [5, 5.41) is 0. The maximum absolute atomic E-state index is 12.9. The summed E-state index contributed by atoms with van der Waals surface area (Å²) < 4.78 is 13.6. The Morgan fingerprint density at radius 1 is 1.13 bits per heavy atom. The molecule has 0 bridgehead atoms. The molecule has 2 aromatic rings. The van der Waals surface area contributed by atoms with Crippen molar-refractivity contribution in [1.82, 2.24) is 19.4 Å². The van der Waals surface area contributed by atoms with E-state index < -0.39 is 0 Å². The minimum atomic E-state index is 0.114.